The highest BCUT2D eigenvalue weighted by Gasteiger charge is 2.10. The SMILES string of the molecule is Cc1cn(-c2nc(-c3cccs3)cs2)c(N)n1. The maximum atomic E-state index is 5.82. The number of nitrogens with two attached hydrogens (primary N) is 1. The number of imidazole rings is 1. The fourth-order valence-electron chi connectivity index (χ4n) is 1.58. The minimum atomic E-state index is 0.481. The van der Waals surface area contributed by atoms with E-state index in [-0.39, 0.29) is 0 Å². The van der Waals surface area contributed by atoms with E-state index in [0.29, 0.717) is 5.95 Å². The third-order valence-corrected chi connectivity index (χ3v) is 4.06. The molecule has 0 amide bonds. The Bertz CT molecular complexity index is 636. The van der Waals surface area contributed by atoms with E-state index in [1.807, 2.05) is 34.5 Å². The monoisotopic (exact) mass is 262 g/mol. The molecule has 6 heteroatoms. The predicted octanol–water partition coefficient (Wildman–Crippen LogP) is 2.95. The molecule has 0 bridgehead atoms. The average molecular weight is 262 g/mol. The quantitative estimate of drug-likeness (QED) is 0.772. The van der Waals surface area contributed by atoms with Crippen molar-refractivity contribution in [3.63, 3.8) is 0 Å². The summed E-state index contributed by atoms with van der Waals surface area (Å²) in [5.41, 5.74) is 7.71. The molecule has 0 atom stereocenters. The van der Waals surface area contributed by atoms with Gasteiger partial charge < -0.3 is 5.73 Å². The highest BCUT2D eigenvalue weighted by molar-refractivity contribution is 7.15. The van der Waals surface area contributed by atoms with Gasteiger partial charge in [-0.2, -0.15) is 0 Å². The van der Waals surface area contributed by atoms with E-state index in [2.05, 4.69) is 16.0 Å². The van der Waals surface area contributed by atoms with Gasteiger partial charge in [-0.25, -0.2) is 9.97 Å². The van der Waals surface area contributed by atoms with Gasteiger partial charge in [-0.05, 0) is 18.4 Å². The lowest BCUT2D eigenvalue weighted by molar-refractivity contribution is 1.05. The molecule has 0 aliphatic carbocycles. The zero-order chi connectivity index (χ0) is 11.8. The molecule has 3 aromatic heterocycles. The molecular formula is C11H10N4S2. The Morgan fingerprint density at radius 3 is 2.82 bits per heavy atom. The molecule has 0 aliphatic rings. The third-order valence-electron chi connectivity index (χ3n) is 2.33. The second-order valence-corrected chi connectivity index (χ2v) is 5.39. The highest BCUT2D eigenvalue weighted by Crippen LogP contribution is 2.28. The van der Waals surface area contributed by atoms with Crippen LogP contribution < -0.4 is 5.73 Å². The van der Waals surface area contributed by atoms with E-state index in [9.17, 15) is 0 Å². The van der Waals surface area contributed by atoms with Crippen molar-refractivity contribution in [3.05, 3.63) is 34.8 Å². The Labute approximate surface area is 106 Å². The lowest BCUT2D eigenvalue weighted by Gasteiger charge is -1.97. The van der Waals surface area contributed by atoms with E-state index < -0.39 is 0 Å². The van der Waals surface area contributed by atoms with Crippen molar-refractivity contribution < 1.29 is 0 Å². The molecule has 17 heavy (non-hydrogen) atoms. The van der Waals surface area contributed by atoms with Crippen molar-refractivity contribution in [1.29, 1.82) is 0 Å². The van der Waals surface area contributed by atoms with Gasteiger partial charge in [0.1, 0.15) is 0 Å². The Balaban J connectivity index is 2.03. The van der Waals surface area contributed by atoms with Crippen LogP contribution in [0.15, 0.2) is 29.1 Å². The molecule has 4 nitrogen and oxygen atoms in total. The van der Waals surface area contributed by atoms with Crippen LogP contribution in [0.3, 0.4) is 0 Å². The topological polar surface area (TPSA) is 56.7 Å². The lowest BCUT2D eigenvalue weighted by atomic mass is 10.4. The van der Waals surface area contributed by atoms with Crippen LogP contribution in [-0.2, 0) is 0 Å². The Morgan fingerprint density at radius 2 is 2.18 bits per heavy atom. The summed E-state index contributed by atoms with van der Waals surface area (Å²) in [6, 6.07) is 4.08. The van der Waals surface area contributed by atoms with Gasteiger partial charge in [-0.1, -0.05) is 6.07 Å². The summed E-state index contributed by atoms with van der Waals surface area (Å²) in [4.78, 5) is 9.91. The summed E-state index contributed by atoms with van der Waals surface area (Å²) in [6.45, 7) is 1.92. The molecule has 0 saturated heterocycles. The number of anilines is 1. The average Bonchev–Trinajstić information content (AvgIpc) is 2.97. The van der Waals surface area contributed by atoms with Crippen LogP contribution >= 0.6 is 22.7 Å². The van der Waals surface area contributed by atoms with Gasteiger partial charge in [0.25, 0.3) is 0 Å². The van der Waals surface area contributed by atoms with Crippen LogP contribution in [0.2, 0.25) is 0 Å². The van der Waals surface area contributed by atoms with Gasteiger partial charge in [-0.15, -0.1) is 22.7 Å². The number of thiazole rings is 1. The number of nitrogen functional groups attached to an aromatic ring is 1. The number of hydrogen-bond donors (Lipinski definition) is 1. The van der Waals surface area contributed by atoms with E-state index in [1.54, 1.807) is 22.7 Å². The smallest absolute Gasteiger partial charge is 0.206 e. The first-order chi connectivity index (χ1) is 8.24. The summed E-state index contributed by atoms with van der Waals surface area (Å²) < 4.78 is 1.82. The fraction of sp³-hybridized carbons (Fsp3) is 0.0909. The number of rotatable bonds is 2. The predicted molar refractivity (Wildman–Crippen MR) is 71.7 cm³/mol. The van der Waals surface area contributed by atoms with Crippen molar-refractivity contribution in [3.8, 4) is 15.7 Å². The van der Waals surface area contributed by atoms with E-state index in [4.69, 9.17) is 5.73 Å². The molecule has 0 spiro atoms. The first-order valence-corrected chi connectivity index (χ1v) is 6.81. The van der Waals surface area contributed by atoms with Crippen LogP contribution in [0.25, 0.3) is 15.7 Å². The molecule has 0 aromatic carbocycles. The summed E-state index contributed by atoms with van der Waals surface area (Å²) in [5, 5.41) is 4.94. The summed E-state index contributed by atoms with van der Waals surface area (Å²) >= 11 is 3.25. The summed E-state index contributed by atoms with van der Waals surface area (Å²) in [5.74, 6) is 0.481. The maximum Gasteiger partial charge on any atom is 0.206 e. The Kier molecular flexibility index (Phi) is 2.45. The van der Waals surface area contributed by atoms with Crippen molar-refractivity contribution in [2.24, 2.45) is 0 Å². The van der Waals surface area contributed by atoms with E-state index >= 15 is 0 Å². The van der Waals surface area contributed by atoms with Crippen molar-refractivity contribution in [2.45, 2.75) is 6.92 Å². The van der Waals surface area contributed by atoms with Gasteiger partial charge in [0, 0.05) is 11.6 Å². The van der Waals surface area contributed by atoms with Crippen LogP contribution in [0.1, 0.15) is 5.69 Å². The molecule has 0 unspecified atom stereocenters. The van der Waals surface area contributed by atoms with Crippen LogP contribution in [-0.4, -0.2) is 14.5 Å². The molecule has 3 heterocycles. The minimum absolute atomic E-state index is 0.481. The first-order valence-electron chi connectivity index (χ1n) is 5.05. The van der Waals surface area contributed by atoms with E-state index in [1.165, 1.54) is 4.88 Å². The molecular weight excluding hydrogens is 252 g/mol. The zero-order valence-corrected chi connectivity index (χ0v) is 10.8. The maximum absolute atomic E-state index is 5.82. The molecule has 2 N–H and O–H groups in total. The number of thiophene rings is 1. The Hall–Kier alpha value is -1.66. The number of aromatic nitrogens is 3. The fourth-order valence-corrected chi connectivity index (χ4v) is 3.15. The van der Waals surface area contributed by atoms with Gasteiger partial charge in [-0.3, -0.25) is 4.57 Å². The van der Waals surface area contributed by atoms with Gasteiger partial charge >= 0.3 is 0 Å². The molecule has 0 radical (unpaired) electrons. The first kappa shape index (κ1) is 10.5. The second kappa shape index (κ2) is 3.97. The van der Waals surface area contributed by atoms with Crippen LogP contribution in [0.5, 0.6) is 0 Å². The lowest BCUT2D eigenvalue weighted by Crippen LogP contribution is -1.98. The van der Waals surface area contributed by atoms with Crippen molar-refractivity contribution in [2.75, 3.05) is 5.73 Å². The standard InChI is InChI=1S/C11H10N4S2/c1-7-5-15(10(12)13-7)11-14-8(6-17-11)9-3-2-4-16-9/h2-6H,1H3,(H2,12,13). The summed E-state index contributed by atoms with van der Waals surface area (Å²) in [7, 11) is 0. The van der Waals surface area contributed by atoms with Crippen molar-refractivity contribution >= 4 is 28.6 Å². The van der Waals surface area contributed by atoms with Gasteiger partial charge in [0.05, 0.1) is 16.3 Å². The highest BCUT2D eigenvalue weighted by atomic mass is 32.1. The number of aryl methyl sites for hydroxylation is 1. The Morgan fingerprint density at radius 1 is 1.29 bits per heavy atom. The minimum Gasteiger partial charge on any atom is -0.369 e. The number of nitrogens with zero attached hydrogens (tertiary/aromatic N) is 3. The van der Waals surface area contributed by atoms with Gasteiger partial charge in [0.15, 0.2) is 5.13 Å². The normalized spacial score (nSPS) is 10.9. The van der Waals surface area contributed by atoms with E-state index in [0.717, 1.165) is 16.5 Å². The molecule has 0 saturated carbocycles. The largest absolute Gasteiger partial charge is 0.369 e. The zero-order valence-electron chi connectivity index (χ0n) is 9.12. The van der Waals surface area contributed by atoms with Crippen LogP contribution in [0, 0.1) is 6.92 Å². The molecule has 0 fully saturated rings. The summed E-state index contributed by atoms with van der Waals surface area (Å²) in [6.07, 6.45) is 1.90. The van der Waals surface area contributed by atoms with Gasteiger partial charge in [0.2, 0.25) is 5.95 Å². The molecule has 3 aromatic rings. The second-order valence-electron chi connectivity index (χ2n) is 3.60. The number of hydrogen-bond acceptors (Lipinski definition) is 5. The van der Waals surface area contributed by atoms with Crippen molar-refractivity contribution in [1.82, 2.24) is 14.5 Å². The molecule has 0 aliphatic heterocycles. The molecule has 3 rings (SSSR count). The van der Waals surface area contributed by atoms with Crippen LogP contribution in [0.4, 0.5) is 5.95 Å². The third kappa shape index (κ3) is 1.85. The molecule has 86 valence electrons.